The normalized spacial score (nSPS) is 11.8. The average molecular weight is 272 g/mol. The minimum atomic E-state index is 0.163. The van der Waals surface area contributed by atoms with Gasteiger partial charge in [-0.2, -0.15) is 4.57 Å². The molecule has 0 saturated carbocycles. The smallest absolute Gasteiger partial charge is 0.194 e. The molecule has 0 aliphatic rings. The van der Waals surface area contributed by atoms with Gasteiger partial charge in [-0.15, -0.1) is 0 Å². The molecule has 0 fully saturated rings. The first-order valence-corrected chi connectivity index (χ1v) is 7.12. The minimum absolute atomic E-state index is 0.163. The van der Waals surface area contributed by atoms with Crippen molar-refractivity contribution >= 4 is 0 Å². The molecule has 0 bridgehead atoms. The standard InChI is InChI=1S/C20H18N/c1-2-20(19-11-7-4-8-12-19)21-15-13-18(14-16-21)17-9-5-3-6-10-17/h2-16,20H,1H2/q+1. The molecule has 1 aromatic heterocycles. The minimum Gasteiger partial charge on any atom is -0.194 e. The van der Waals surface area contributed by atoms with Crippen LogP contribution in [-0.2, 0) is 0 Å². The number of pyridine rings is 1. The number of aromatic nitrogens is 1. The molecule has 3 aromatic rings. The van der Waals surface area contributed by atoms with E-state index >= 15 is 0 Å². The van der Waals surface area contributed by atoms with Gasteiger partial charge in [0.1, 0.15) is 0 Å². The highest BCUT2D eigenvalue weighted by Crippen LogP contribution is 2.18. The van der Waals surface area contributed by atoms with E-state index in [1.165, 1.54) is 16.7 Å². The molecule has 1 atom stereocenters. The zero-order chi connectivity index (χ0) is 14.5. The molecule has 0 aliphatic carbocycles. The maximum Gasteiger partial charge on any atom is 0.201 e. The van der Waals surface area contributed by atoms with Gasteiger partial charge in [-0.05, 0) is 17.2 Å². The van der Waals surface area contributed by atoms with Crippen LogP contribution in [-0.4, -0.2) is 0 Å². The van der Waals surface area contributed by atoms with E-state index in [0.717, 1.165) is 0 Å². The van der Waals surface area contributed by atoms with Crippen molar-refractivity contribution in [3.63, 3.8) is 0 Å². The van der Waals surface area contributed by atoms with Crippen molar-refractivity contribution in [1.29, 1.82) is 0 Å². The van der Waals surface area contributed by atoms with Crippen molar-refractivity contribution < 1.29 is 4.57 Å². The Morgan fingerprint density at radius 1 is 0.714 bits per heavy atom. The van der Waals surface area contributed by atoms with Gasteiger partial charge in [-0.25, -0.2) is 0 Å². The Kier molecular flexibility index (Phi) is 3.92. The van der Waals surface area contributed by atoms with E-state index in [1.807, 2.05) is 18.2 Å². The van der Waals surface area contributed by atoms with Gasteiger partial charge < -0.3 is 0 Å². The van der Waals surface area contributed by atoms with Crippen LogP contribution in [0, 0.1) is 0 Å². The fourth-order valence-corrected chi connectivity index (χ4v) is 2.53. The molecular formula is C20H18N+. The third kappa shape index (κ3) is 2.92. The van der Waals surface area contributed by atoms with Crippen molar-refractivity contribution in [1.82, 2.24) is 0 Å². The lowest BCUT2D eigenvalue weighted by atomic mass is 10.1. The van der Waals surface area contributed by atoms with E-state index in [9.17, 15) is 0 Å². The molecule has 0 N–H and O–H groups in total. The van der Waals surface area contributed by atoms with Crippen molar-refractivity contribution in [3.05, 3.63) is 103 Å². The largest absolute Gasteiger partial charge is 0.201 e. The summed E-state index contributed by atoms with van der Waals surface area (Å²) in [6.45, 7) is 3.97. The van der Waals surface area contributed by atoms with E-state index in [2.05, 4.69) is 84.2 Å². The molecule has 1 nitrogen and oxygen atoms in total. The zero-order valence-corrected chi connectivity index (χ0v) is 11.9. The number of hydrogen-bond acceptors (Lipinski definition) is 0. The summed E-state index contributed by atoms with van der Waals surface area (Å²) in [7, 11) is 0. The first-order chi connectivity index (χ1) is 10.4. The Hall–Kier alpha value is -2.67. The zero-order valence-electron chi connectivity index (χ0n) is 11.9. The quantitative estimate of drug-likeness (QED) is 0.489. The first-order valence-electron chi connectivity index (χ1n) is 7.12. The number of rotatable bonds is 4. The highest BCUT2D eigenvalue weighted by molar-refractivity contribution is 5.61. The molecule has 0 radical (unpaired) electrons. The lowest BCUT2D eigenvalue weighted by Crippen LogP contribution is -2.38. The van der Waals surface area contributed by atoms with Gasteiger partial charge in [0.05, 0.1) is 0 Å². The van der Waals surface area contributed by atoms with E-state index in [4.69, 9.17) is 0 Å². The van der Waals surface area contributed by atoms with Crippen molar-refractivity contribution in [2.24, 2.45) is 0 Å². The van der Waals surface area contributed by atoms with Crippen LogP contribution >= 0.6 is 0 Å². The molecule has 102 valence electrons. The fourth-order valence-electron chi connectivity index (χ4n) is 2.53. The number of hydrogen-bond donors (Lipinski definition) is 0. The summed E-state index contributed by atoms with van der Waals surface area (Å²) in [4.78, 5) is 0. The van der Waals surface area contributed by atoms with Crippen LogP contribution in [0.25, 0.3) is 11.1 Å². The third-order valence-corrected chi connectivity index (χ3v) is 3.65. The van der Waals surface area contributed by atoms with Gasteiger partial charge in [0.15, 0.2) is 12.4 Å². The third-order valence-electron chi connectivity index (χ3n) is 3.65. The molecule has 0 amide bonds. The van der Waals surface area contributed by atoms with Crippen LogP contribution in [0.15, 0.2) is 97.8 Å². The summed E-state index contributed by atoms with van der Waals surface area (Å²) in [5, 5.41) is 0. The van der Waals surface area contributed by atoms with Gasteiger partial charge in [0.25, 0.3) is 0 Å². The second-order valence-corrected chi connectivity index (χ2v) is 4.99. The van der Waals surface area contributed by atoms with Crippen LogP contribution < -0.4 is 4.57 Å². The van der Waals surface area contributed by atoms with Gasteiger partial charge in [-0.3, -0.25) is 0 Å². The molecule has 0 spiro atoms. The SMILES string of the molecule is C=CC(c1ccccc1)[n+]1ccc(-c2ccccc2)cc1. The van der Waals surface area contributed by atoms with Crippen molar-refractivity contribution in [2.75, 3.05) is 0 Å². The number of allylic oxidation sites excluding steroid dienone is 1. The maximum absolute atomic E-state index is 3.97. The topological polar surface area (TPSA) is 3.88 Å². The summed E-state index contributed by atoms with van der Waals surface area (Å²) in [6, 6.07) is 25.3. The summed E-state index contributed by atoms with van der Waals surface area (Å²) >= 11 is 0. The number of benzene rings is 2. The second-order valence-electron chi connectivity index (χ2n) is 4.99. The molecule has 1 unspecified atom stereocenters. The van der Waals surface area contributed by atoms with Gasteiger partial charge >= 0.3 is 0 Å². The molecule has 3 rings (SSSR count). The lowest BCUT2D eigenvalue weighted by molar-refractivity contribution is -0.703. The van der Waals surface area contributed by atoms with Gasteiger partial charge in [-0.1, -0.05) is 67.2 Å². The number of nitrogens with zero attached hydrogens (tertiary/aromatic N) is 1. The highest BCUT2D eigenvalue weighted by Gasteiger charge is 2.16. The molecule has 1 heteroatoms. The van der Waals surface area contributed by atoms with Crippen LogP contribution in [0.4, 0.5) is 0 Å². The molecular weight excluding hydrogens is 254 g/mol. The van der Waals surface area contributed by atoms with E-state index in [0.29, 0.717) is 0 Å². The van der Waals surface area contributed by atoms with Crippen LogP contribution in [0.1, 0.15) is 11.6 Å². The summed E-state index contributed by atoms with van der Waals surface area (Å²) in [5.74, 6) is 0. The summed E-state index contributed by atoms with van der Waals surface area (Å²) < 4.78 is 2.18. The van der Waals surface area contributed by atoms with E-state index in [1.54, 1.807) is 0 Å². The van der Waals surface area contributed by atoms with Crippen LogP contribution in [0.2, 0.25) is 0 Å². The van der Waals surface area contributed by atoms with E-state index in [-0.39, 0.29) is 6.04 Å². The van der Waals surface area contributed by atoms with Crippen molar-refractivity contribution in [3.8, 4) is 11.1 Å². The second kappa shape index (κ2) is 6.19. The van der Waals surface area contributed by atoms with Gasteiger partial charge in [0.2, 0.25) is 6.04 Å². The molecule has 21 heavy (non-hydrogen) atoms. The molecule has 0 aliphatic heterocycles. The predicted octanol–water partition coefficient (Wildman–Crippen LogP) is 4.42. The lowest BCUT2D eigenvalue weighted by Gasteiger charge is -2.09. The maximum atomic E-state index is 3.97. The van der Waals surface area contributed by atoms with Crippen LogP contribution in [0.3, 0.4) is 0 Å². The molecule has 1 heterocycles. The Morgan fingerprint density at radius 2 is 1.24 bits per heavy atom. The predicted molar refractivity (Wildman–Crippen MR) is 86.9 cm³/mol. The first kappa shape index (κ1) is 13.3. The van der Waals surface area contributed by atoms with Crippen LogP contribution in [0.5, 0.6) is 0 Å². The summed E-state index contributed by atoms with van der Waals surface area (Å²) in [6.07, 6.45) is 6.20. The molecule has 2 aromatic carbocycles. The average Bonchev–Trinajstić information content (AvgIpc) is 2.58. The monoisotopic (exact) mass is 272 g/mol. The molecule has 0 saturated heterocycles. The Bertz CT molecular complexity index is 700. The fraction of sp³-hybridized carbons (Fsp3) is 0.0500. The summed E-state index contributed by atoms with van der Waals surface area (Å²) in [5.41, 5.74) is 3.70. The van der Waals surface area contributed by atoms with Gasteiger partial charge in [0, 0.05) is 17.7 Å². The van der Waals surface area contributed by atoms with Crippen molar-refractivity contribution in [2.45, 2.75) is 6.04 Å². The Morgan fingerprint density at radius 3 is 1.81 bits per heavy atom. The Balaban J connectivity index is 1.92. The highest BCUT2D eigenvalue weighted by atomic mass is 15.0. The van der Waals surface area contributed by atoms with E-state index < -0.39 is 0 Å². The Labute approximate surface area is 125 Å².